The number of phenolic OH excluding ortho intramolecular Hbond substituents is 1. The molecule has 1 atom stereocenters. The van der Waals surface area contributed by atoms with Crippen LogP contribution in [0.5, 0.6) is 5.75 Å². The van der Waals surface area contributed by atoms with Gasteiger partial charge in [0.1, 0.15) is 11.1 Å². The van der Waals surface area contributed by atoms with Crippen LogP contribution in [0.25, 0.3) is 0 Å². The van der Waals surface area contributed by atoms with Crippen LogP contribution < -0.4 is 5.32 Å². The lowest BCUT2D eigenvalue weighted by Crippen LogP contribution is -2.46. The van der Waals surface area contributed by atoms with E-state index in [9.17, 15) is 9.90 Å². The van der Waals surface area contributed by atoms with Crippen molar-refractivity contribution in [1.82, 2.24) is 15.1 Å². The number of amides is 1. The predicted octanol–water partition coefficient (Wildman–Crippen LogP) is 0.871. The third-order valence-electron chi connectivity index (χ3n) is 4.01. The molecule has 1 unspecified atom stereocenters. The van der Waals surface area contributed by atoms with E-state index in [1.54, 1.807) is 23.9 Å². The molecule has 0 radical (unpaired) electrons. The Kier molecular flexibility index (Phi) is 4.67. The summed E-state index contributed by atoms with van der Waals surface area (Å²) in [5, 5.41) is 12.8. The van der Waals surface area contributed by atoms with E-state index in [0.29, 0.717) is 5.75 Å². The zero-order valence-electron chi connectivity index (χ0n) is 12.0. The number of hydrogen-bond donors (Lipinski definition) is 2. The molecular formula is C15H21N3O2S. The lowest BCUT2D eigenvalue weighted by molar-refractivity contribution is -0.128. The van der Waals surface area contributed by atoms with E-state index in [2.05, 4.69) is 10.2 Å². The molecule has 0 aliphatic carbocycles. The molecule has 1 aromatic carbocycles. The number of phenols is 1. The zero-order valence-corrected chi connectivity index (χ0v) is 12.8. The highest BCUT2D eigenvalue weighted by Gasteiger charge is 2.32. The van der Waals surface area contributed by atoms with E-state index in [-0.39, 0.29) is 17.0 Å². The molecule has 0 spiro atoms. The lowest BCUT2D eigenvalue weighted by atomic mass is 10.2. The maximum Gasteiger partial charge on any atom is 0.233 e. The topological polar surface area (TPSA) is 55.8 Å². The van der Waals surface area contributed by atoms with E-state index >= 15 is 0 Å². The van der Waals surface area contributed by atoms with Crippen molar-refractivity contribution in [2.75, 3.05) is 45.0 Å². The van der Waals surface area contributed by atoms with Crippen molar-refractivity contribution < 1.29 is 9.90 Å². The van der Waals surface area contributed by atoms with Crippen molar-refractivity contribution >= 4 is 17.7 Å². The molecule has 2 aliphatic rings. The second-order valence-corrected chi connectivity index (χ2v) is 6.50. The Balaban J connectivity index is 1.63. The fourth-order valence-corrected chi connectivity index (χ4v) is 4.01. The number of benzene rings is 1. The summed E-state index contributed by atoms with van der Waals surface area (Å²) < 4.78 is 0. The summed E-state index contributed by atoms with van der Waals surface area (Å²) in [6, 6.07) is 7.19. The van der Waals surface area contributed by atoms with Crippen LogP contribution in [0, 0.1) is 0 Å². The van der Waals surface area contributed by atoms with Gasteiger partial charge in [-0.25, -0.2) is 0 Å². The minimum absolute atomic E-state index is 0.0843. The van der Waals surface area contributed by atoms with Crippen molar-refractivity contribution in [2.45, 2.75) is 5.37 Å². The molecule has 1 amide bonds. The van der Waals surface area contributed by atoms with E-state index in [0.717, 1.165) is 44.8 Å². The van der Waals surface area contributed by atoms with Crippen molar-refractivity contribution in [1.29, 1.82) is 0 Å². The lowest BCUT2D eigenvalue weighted by Gasteiger charge is -2.31. The first-order chi connectivity index (χ1) is 10.2. The molecule has 3 rings (SSSR count). The van der Waals surface area contributed by atoms with Gasteiger partial charge in [0.2, 0.25) is 5.91 Å². The quantitative estimate of drug-likeness (QED) is 0.864. The van der Waals surface area contributed by atoms with Crippen molar-refractivity contribution in [3.05, 3.63) is 29.8 Å². The number of nitrogens with zero attached hydrogens (tertiary/aromatic N) is 2. The van der Waals surface area contributed by atoms with E-state index in [1.165, 1.54) is 0 Å². The van der Waals surface area contributed by atoms with Crippen LogP contribution in [0.3, 0.4) is 0 Å². The number of hydrogen-bond acceptors (Lipinski definition) is 5. The molecule has 1 aromatic rings. The minimum Gasteiger partial charge on any atom is -0.508 e. The number of aromatic hydroxyl groups is 1. The van der Waals surface area contributed by atoms with Gasteiger partial charge in [0.15, 0.2) is 0 Å². The molecule has 6 heteroatoms. The normalized spacial score (nSPS) is 23.7. The van der Waals surface area contributed by atoms with Gasteiger partial charge in [-0.1, -0.05) is 12.1 Å². The highest BCUT2D eigenvalue weighted by molar-refractivity contribution is 8.00. The maximum absolute atomic E-state index is 12.1. The van der Waals surface area contributed by atoms with E-state index in [1.807, 2.05) is 17.0 Å². The first-order valence-electron chi connectivity index (χ1n) is 7.37. The summed E-state index contributed by atoms with van der Waals surface area (Å²) in [5.74, 6) is 1.03. The van der Waals surface area contributed by atoms with Gasteiger partial charge in [-0.3, -0.25) is 9.69 Å². The number of nitrogens with one attached hydrogen (secondary N) is 1. The van der Waals surface area contributed by atoms with Crippen LogP contribution in [0.2, 0.25) is 0 Å². The smallest absolute Gasteiger partial charge is 0.233 e. The Labute approximate surface area is 129 Å². The van der Waals surface area contributed by atoms with E-state index in [4.69, 9.17) is 0 Å². The fraction of sp³-hybridized carbons (Fsp3) is 0.533. The van der Waals surface area contributed by atoms with Gasteiger partial charge >= 0.3 is 0 Å². The third-order valence-corrected chi connectivity index (χ3v) is 5.27. The third kappa shape index (κ3) is 3.51. The van der Waals surface area contributed by atoms with Crippen LogP contribution in [-0.4, -0.2) is 65.8 Å². The summed E-state index contributed by atoms with van der Waals surface area (Å²) in [5.41, 5.74) is 1.09. The van der Waals surface area contributed by atoms with Gasteiger partial charge in [-0.2, -0.15) is 0 Å². The standard InChI is InChI=1S/C15H21N3O2S/c19-13-3-1-12(2-4-13)15-18(14(20)11-21-15)10-9-17-7-5-16-6-8-17/h1-4,15-16,19H,5-11H2. The number of carbonyl (C=O) groups excluding carboxylic acids is 1. The molecule has 5 nitrogen and oxygen atoms in total. The van der Waals surface area contributed by atoms with Crippen LogP contribution in [-0.2, 0) is 4.79 Å². The maximum atomic E-state index is 12.1. The fourth-order valence-electron chi connectivity index (χ4n) is 2.79. The van der Waals surface area contributed by atoms with Crippen molar-refractivity contribution in [3.63, 3.8) is 0 Å². The molecular weight excluding hydrogens is 286 g/mol. The molecule has 2 saturated heterocycles. The second kappa shape index (κ2) is 6.68. The van der Waals surface area contributed by atoms with Crippen LogP contribution >= 0.6 is 11.8 Å². The van der Waals surface area contributed by atoms with Gasteiger partial charge in [0.05, 0.1) is 5.75 Å². The first-order valence-corrected chi connectivity index (χ1v) is 8.42. The Morgan fingerprint density at radius 3 is 2.62 bits per heavy atom. The number of rotatable bonds is 4. The molecule has 2 heterocycles. The SMILES string of the molecule is O=C1CSC(c2ccc(O)cc2)N1CCN1CCNCC1. The van der Waals surface area contributed by atoms with Gasteiger partial charge < -0.3 is 15.3 Å². The molecule has 0 bridgehead atoms. The Morgan fingerprint density at radius 2 is 1.90 bits per heavy atom. The number of piperazine rings is 1. The van der Waals surface area contributed by atoms with Crippen LogP contribution in [0.15, 0.2) is 24.3 Å². The van der Waals surface area contributed by atoms with E-state index < -0.39 is 0 Å². The van der Waals surface area contributed by atoms with Crippen molar-refractivity contribution in [2.24, 2.45) is 0 Å². The summed E-state index contributed by atoms with van der Waals surface area (Å²) in [7, 11) is 0. The Morgan fingerprint density at radius 1 is 1.19 bits per heavy atom. The van der Waals surface area contributed by atoms with Crippen LogP contribution in [0.4, 0.5) is 0 Å². The molecule has 2 N–H and O–H groups in total. The molecule has 0 saturated carbocycles. The predicted molar refractivity (Wildman–Crippen MR) is 84.3 cm³/mol. The molecule has 21 heavy (non-hydrogen) atoms. The summed E-state index contributed by atoms with van der Waals surface area (Å²) in [6.07, 6.45) is 0. The Hall–Kier alpha value is -1.24. The monoisotopic (exact) mass is 307 g/mol. The summed E-state index contributed by atoms with van der Waals surface area (Å²) >= 11 is 1.67. The largest absolute Gasteiger partial charge is 0.508 e. The van der Waals surface area contributed by atoms with Gasteiger partial charge in [-0.15, -0.1) is 11.8 Å². The van der Waals surface area contributed by atoms with Gasteiger partial charge in [0.25, 0.3) is 0 Å². The summed E-state index contributed by atoms with van der Waals surface area (Å²) in [6.45, 7) is 5.88. The van der Waals surface area contributed by atoms with Crippen molar-refractivity contribution in [3.8, 4) is 5.75 Å². The molecule has 0 aromatic heterocycles. The number of carbonyl (C=O) groups is 1. The average molecular weight is 307 g/mol. The molecule has 2 aliphatic heterocycles. The number of thioether (sulfide) groups is 1. The average Bonchev–Trinajstić information content (AvgIpc) is 2.88. The Bertz CT molecular complexity index is 488. The zero-order chi connectivity index (χ0) is 14.7. The van der Waals surface area contributed by atoms with Gasteiger partial charge in [0, 0.05) is 39.3 Å². The summed E-state index contributed by atoms with van der Waals surface area (Å²) in [4.78, 5) is 16.5. The minimum atomic E-state index is 0.0843. The first kappa shape index (κ1) is 14.7. The highest BCUT2D eigenvalue weighted by atomic mass is 32.2. The molecule has 2 fully saturated rings. The van der Waals surface area contributed by atoms with Crippen LogP contribution in [0.1, 0.15) is 10.9 Å². The second-order valence-electron chi connectivity index (χ2n) is 5.43. The highest BCUT2D eigenvalue weighted by Crippen LogP contribution is 2.38. The molecule has 114 valence electrons. The van der Waals surface area contributed by atoms with Gasteiger partial charge in [-0.05, 0) is 17.7 Å².